The molecular formula is C30H50O4. The van der Waals surface area contributed by atoms with Crippen molar-refractivity contribution in [3.8, 4) is 0 Å². The fourth-order valence-electron chi connectivity index (χ4n) is 7.94. The molecule has 2 heterocycles. The van der Waals surface area contributed by atoms with E-state index >= 15 is 0 Å². The van der Waals surface area contributed by atoms with Crippen LogP contribution in [0.4, 0.5) is 0 Å². The minimum Gasteiger partial charge on any atom is -0.349 e. The lowest BCUT2D eigenvalue weighted by Gasteiger charge is -2.48. The Bertz CT molecular complexity index is 698. The molecule has 9 unspecified atom stereocenters. The van der Waals surface area contributed by atoms with Gasteiger partial charge in [0.05, 0.1) is 24.4 Å². The second-order valence-corrected chi connectivity index (χ2v) is 12.5. The van der Waals surface area contributed by atoms with E-state index in [0.29, 0.717) is 48.1 Å². The van der Waals surface area contributed by atoms with Crippen molar-refractivity contribution >= 4 is 0 Å². The first kappa shape index (κ1) is 25.2. The van der Waals surface area contributed by atoms with Crippen LogP contribution in [-0.4, -0.2) is 36.5 Å². The van der Waals surface area contributed by atoms with Crippen molar-refractivity contribution in [3.63, 3.8) is 0 Å². The number of hydrogen-bond acceptors (Lipinski definition) is 4. The van der Waals surface area contributed by atoms with Crippen molar-refractivity contribution in [3.05, 3.63) is 11.6 Å². The zero-order chi connectivity index (χ0) is 23.7. The fourth-order valence-corrected chi connectivity index (χ4v) is 7.94. The van der Waals surface area contributed by atoms with Gasteiger partial charge in [-0.05, 0) is 78.1 Å². The molecule has 0 aromatic carbocycles. The molecule has 0 bridgehead atoms. The SMILES string of the molecule is CC1=CC(C)C(C2OC(C)C3CCCCC3O2)CC1.CC1OC2(CCCC2)OC2CCCCC12. The number of allylic oxidation sites excluding steroid dienone is 2. The van der Waals surface area contributed by atoms with E-state index in [1.54, 1.807) is 0 Å². The third-order valence-electron chi connectivity index (χ3n) is 9.95. The molecule has 4 heteroatoms. The number of ether oxygens (including phenoxy) is 4. The molecule has 4 nitrogen and oxygen atoms in total. The summed E-state index contributed by atoms with van der Waals surface area (Å²) in [5.41, 5.74) is 1.53. The summed E-state index contributed by atoms with van der Waals surface area (Å²) in [6, 6.07) is 0. The smallest absolute Gasteiger partial charge is 0.169 e. The first-order chi connectivity index (χ1) is 16.4. The first-order valence-corrected chi connectivity index (χ1v) is 14.8. The van der Waals surface area contributed by atoms with Crippen molar-refractivity contribution in [2.45, 2.75) is 154 Å². The zero-order valence-corrected chi connectivity index (χ0v) is 22.3. The molecule has 4 aliphatic carbocycles. The maximum Gasteiger partial charge on any atom is 0.169 e. The number of hydrogen-bond donors (Lipinski definition) is 0. The number of rotatable bonds is 1. The van der Waals surface area contributed by atoms with Gasteiger partial charge in [0.2, 0.25) is 0 Å². The van der Waals surface area contributed by atoms with Crippen molar-refractivity contribution in [2.24, 2.45) is 23.7 Å². The van der Waals surface area contributed by atoms with E-state index < -0.39 is 0 Å². The van der Waals surface area contributed by atoms with Gasteiger partial charge in [0.1, 0.15) is 0 Å². The van der Waals surface area contributed by atoms with Gasteiger partial charge >= 0.3 is 0 Å². The Morgan fingerprint density at radius 2 is 1.32 bits per heavy atom. The fraction of sp³-hybridized carbons (Fsp3) is 0.933. The molecule has 194 valence electrons. The van der Waals surface area contributed by atoms with Crippen LogP contribution in [0.5, 0.6) is 0 Å². The molecule has 2 aliphatic heterocycles. The molecule has 6 rings (SSSR count). The Morgan fingerprint density at radius 3 is 2.03 bits per heavy atom. The highest BCUT2D eigenvalue weighted by Crippen LogP contribution is 2.46. The maximum absolute atomic E-state index is 6.35. The Labute approximate surface area is 208 Å². The highest BCUT2D eigenvalue weighted by Gasteiger charge is 2.48. The first-order valence-electron chi connectivity index (χ1n) is 14.8. The largest absolute Gasteiger partial charge is 0.349 e. The van der Waals surface area contributed by atoms with Crippen molar-refractivity contribution in [2.75, 3.05) is 0 Å². The van der Waals surface area contributed by atoms with E-state index in [2.05, 4.69) is 33.8 Å². The molecule has 0 aromatic rings. The van der Waals surface area contributed by atoms with Gasteiger partial charge < -0.3 is 18.9 Å². The van der Waals surface area contributed by atoms with E-state index in [-0.39, 0.29) is 12.1 Å². The van der Waals surface area contributed by atoms with Crippen molar-refractivity contribution < 1.29 is 18.9 Å². The van der Waals surface area contributed by atoms with Crippen LogP contribution in [0.1, 0.15) is 118 Å². The molecule has 5 fully saturated rings. The Balaban J connectivity index is 0.000000145. The van der Waals surface area contributed by atoms with Crippen LogP contribution in [0.15, 0.2) is 11.6 Å². The van der Waals surface area contributed by atoms with Crippen molar-refractivity contribution in [1.82, 2.24) is 0 Å². The normalized spacial score (nSPS) is 46.0. The molecule has 9 atom stereocenters. The lowest BCUT2D eigenvalue weighted by molar-refractivity contribution is -0.336. The average molecular weight is 475 g/mol. The average Bonchev–Trinajstić information content (AvgIpc) is 3.26. The monoisotopic (exact) mass is 474 g/mol. The van der Waals surface area contributed by atoms with Gasteiger partial charge in [0, 0.05) is 30.6 Å². The Kier molecular flexibility index (Phi) is 8.10. The second-order valence-electron chi connectivity index (χ2n) is 12.5. The minimum atomic E-state index is -0.169. The topological polar surface area (TPSA) is 36.9 Å². The summed E-state index contributed by atoms with van der Waals surface area (Å²) < 4.78 is 25.1. The molecule has 3 saturated carbocycles. The van der Waals surface area contributed by atoms with Crippen LogP contribution in [0.3, 0.4) is 0 Å². The minimum absolute atomic E-state index is 0.0358. The van der Waals surface area contributed by atoms with Crippen LogP contribution < -0.4 is 0 Å². The van der Waals surface area contributed by atoms with Gasteiger partial charge in [0.15, 0.2) is 12.1 Å². The quantitative estimate of drug-likeness (QED) is 0.368. The van der Waals surface area contributed by atoms with E-state index in [1.165, 1.54) is 82.6 Å². The van der Waals surface area contributed by atoms with E-state index in [4.69, 9.17) is 18.9 Å². The zero-order valence-electron chi connectivity index (χ0n) is 22.3. The molecule has 2 saturated heterocycles. The summed E-state index contributed by atoms with van der Waals surface area (Å²) in [4.78, 5) is 0. The van der Waals surface area contributed by atoms with Crippen molar-refractivity contribution in [1.29, 1.82) is 0 Å². The molecule has 6 aliphatic rings. The highest BCUT2D eigenvalue weighted by atomic mass is 16.7. The highest BCUT2D eigenvalue weighted by molar-refractivity contribution is 5.07. The summed E-state index contributed by atoms with van der Waals surface area (Å²) in [5, 5.41) is 0. The second kappa shape index (κ2) is 10.9. The van der Waals surface area contributed by atoms with E-state index in [0.717, 1.165) is 12.8 Å². The predicted octanol–water partition coefficient (Wildman–Crippen LogP) is 7.55. The standard InChI is InChI=1S/C17H28O2.C13H22O2/c1-11-8-9-14(12(2)10-11)17-18-13(3)15-6-4-5-7-16(15)19-17;1-10-11-6-2-3-7-12(11)15-13(14-10)8-4-5-9-13/h10,12-17H,4-9H2,1-3H3;10-12H,2-9H2,1H3. The summed E-state index contributed by atoms with van der Waals surface area (Å²) in [6.45, 7) is 9.07. The Hall–Kier alpha value is -0.420. The molecule has 0 N–H and O–H groups in total. The van der Waals surface area contributed by atoms with E-state index in [9.17, 15) is 0 Å². The molecule has 34 heavy (non-hydrogen) atoms. The summed E-state index contributed by atoms with van der Waals surface area (Å²) in [7, 11) is 0. The van der Waals surface area contributed by atoms with Crippen LogP contribution in [0.25, 0.3) is 0 Å². The van der Waals surface area contributed by atoms with Gasteiger partial charge in [-0.25, -0.2) is 0 Å². The van der Waals surface area contributed by atoms with Gasteiger partial charge in [0.25, 0.3) is 0 Å². The molecule has 0 aromatic heterocycles. The van der Waals surface area contributed by atoms with Gasteiger partial charge in [-0.3, -0.25) is 0 Å². The number of fused-ring (bicyclic) bond motifs is 2. The molecule has 1 spiro atoms. The lowest BCUT2D eigenvalue weighted by Crippen LogP contribution is -2.52. The van der Waals surface area contributed by atoms with Gasteiger partial charge in [-0.2, -0.15) is 0 Å². The van der Waals surface area contributed by atoms with Crippen LogP contribution >= 0.6 is 0 Å². The summed E-state index contributed by atoms with van der Waals surface area (Å²) >= 11 is 0. The molecular weight excluding hydrogens is 424 g/mol. The third kappa shape index (κ3) is 5.45. The summed E-state index contributed by atoms with van der Waals surface area (Å²) in [5.74, 6) is 2.28. The molecule has 0 radical (unpaired) electrons. The van der Waals surface area contributed by atoms with Crippen LogP contribution in [0.2, 0.25) is 0 Å². The Morgan fingerprint density at radius 1 is 0.676 bits per heavy atom. The van der Waals surface area contributed by atoms with Gasteiger partial charge in [-0.1, -0.05) is 44.3 Å². The third-order valence-corrected chi connectivity index (χ3v) is 9.95. The predicted molar refractivity (Wildman–Crippen MR) is 135 cm³/mol. The van der Waals surface area contributed by atoms with E-state index in [1.807, 2.05) is 0 Å². The van der Waals surface area contributed by atoms with Crippen LogP contribution in [-0.2, 0) is 18.9 Å². The summed E-state index contributed by atoms with van der Waals surface area (Å²) in [6.07, 6.45) is 22.0. The lowest BCUT2D eigenvalue weighted by atomic mass is 9.79. The van der Waals surface area contributed by atoms with Crippen LogP contribution in [0, 0.1) is 23.7 Å². The molecule has 0 amide bonds. The van der Waals surface area contributed by atoms with Gasteiger partial charge in [-0.15, -0.1) is 0 Å². The maximum atomic E-state index is 6.35.